The van der Waals surface area contributed by atoms with E-state index < -0.39 is 0 Å². The van der Waals surface area contributed by atoms with Crippen molar-refractivity contribution in [1.82, 2.24) is 4.57 Å². The number of aryl methyl sites for hydroxylation is 1. The number of carbonyl (C=O) groups is 1. The molecule has 0 radical (unpaired) electrons. The molecule has 6 heteroatoms. The molecule has 166 valence electrons. The first-order valence-corrected chi connectivity index (χ1v) is 11.1. The van der Waals surface area contributed by atoms with E-state index in [-0.39, 0.29) is 11.5 Å². The molecule has 0 N–H and O–H groups in total. The van der Waals surface area contributed by atoms with Crippen LogP contribution in [0.5, 0.6) is 17.2 Å². The van der Waals surface area contributed by atoms with Crippen LogP contribution in [0.25, 0.3) is 17.0 Å². The molecule has 33 heavy (non-hydrogen) atoms. The maximum absolute atomic E-state index is 13.0. The molecule has 0 bridgehead atoms. The molecular formula is C27H22ClNO4. The Labute approximate surface area is 196 Å². The number of nitrogens with zero attached hydrogens (tertiary/aromatic N) is 1. The van der Waals surface area contributed by atoms with Crippen LogP contribution in [0.3, 0.4) is 0 Å². The first-order chi connectivity index (χ1) is 16.1. The largest absolute Gasteiger partial charge is 0.497 e. The van der Waals surface area contributed by atoms with Crippen LogP contribution in [0.4, 0.5) is 0 Å². The number of rotatable bonds is 6. The van der Waals surface area contributed by atoms with Gasteiger partial charge in [-0.1, -0.05) is 23.7 Å². The minimum Gasteiger partial charge on any atom is -0.497 e. The third-order valence-corrected chi connectivity index (χ3v) is 5.96. The first-order valence-electron chi connectivity index (χ1n) is 10.7. The highest BCUT2D eigenvalue weighted by Crippen LogP contribution is 2.36. The van der Waals surface area contributed by atoms with Gasteiger partial charge in [0.05, 0.1) is 12.7 Å². The van der Waals surface area contributed by atoms with E-state index in [0.29, 0.717) is 28.7 Å². The van der Waals surface area contributed by atoms with Crippen LogP contribution >= 0.6 is 11.6 Å². The summed E-state index contributed by atoms with van der Waals surface area (Å²) in [4.78, 5) is 13.0. The number of hydrogen-bond acceptors (Lipinski definition) is 4. The van der Waals surface area contributed by atoms with Crippen LogP contribution in [0.1, 0.15) is 28.4 Å². The number of ketones is 1. The number of halogens is 1. The fourth-order valence-electron chi connectivity index (χ4n) is 3.95. The molecule has 4 aromatic rings. The van der Waals surface area contributed by atoms with Crippen LogP contribution in [0.15, 0.2) is 72.6 Å². The topological polar surface area (TPSA) is 49.7 Å². The number of fused-ring (bicyclic) bond motifs is 2. The maximum Gasteiger partial charge on any atom is 0.231 e. The van der Waals surface area contributed by atoms with Gasteiger partial charge in [0.25, 0.3) is 0 Å². The van der Waals surface area contributed by atoms with E-state index in [1.807, 2.05) is 48.7 Å². The standard InChI is InChI=1S/C27H22ClNO4/c1-3-29-15-18(23-13-20(31-2)9-11-24(23)29)12-26-27(30)22-10-8-21(14-25(22)33-26)32-16-17-4-6-19(28)7-5-17/h4-15H,3,16H2,1-2H3/b26-12+. The fraction of sp³-hybridized carbons (Fsp3) is 0.148. The maximum atomic E-state index is 13.0. The average molecular weight is 460 g/mol. The summed E-state index contributed by atoms with van der Waals surface area (Å²) in [6.45, 7) is 3.29. The SMILES string of the molecule is CCn1cc(/C=C2/Oc3cc(OCc4ccc(Cl)cc4)ccc3C2=O)c2cc(OC)ccc21. The molecule has 1 aromatic heterocycles. The van der Waals surface area contributed by atoms with Gasteiger partial charge in [-0.05, 0) is 61.0 Å². The van der Waals surface area contributed by atoms with Gasteiger partial charge in [0.15, 0.2) is 5.76 Å². The molecule has 0 amide bonds. The van der Waals surface area contributed by atoms with Crippen molar-refractivity contribution in [2.24, 2.45) is 0 Å². The highest BCUT2D eigenvalue weighted by atomic mass is 35.5. The molecule has 0 fully saturated rings. The van der Waals surface area contributed by atoms with E-state index in [1.165, 1.54) is 0 Å². The van der Waals surface area contributed by atoms with Gasteiger partial charge >= 0.3 is 0 Å². The van der Waals surface area contributed by atoms with Crippen molar-refractivity contribution in [3.8, 4) is 17.2 Å². The van der Waals surface area contributed by atoms with Gasteiger partial charge in [-0.15, -0.1) is 0 Å². The molecule has 3 aromatic carbocycles. The van der Waals surface area contributed by atoms with Crippen LogP contribution in [0.2, 0.25) is 5.02 Å². The summed E-state index contributed by atoms with van der Waals surface area (Å²) in [7, 11) is 1.64. The van der Waals surface area contributed by atoms with Gasteiger partial charge in [0, 0.05) is 40.3 Å². The molecule has 2 heterocycles. The molecule has 0 saturated carbocycles. The second kappa shape index (κ2) is 8.68. The van der Waals surface area contributed by atoms with E-state index in [4.69, 9.17) is 25.8 Å². The molecular weight excluding hydrogens is 438 g/mol. The lowest BCUT2D eigenvalue weighted by atomic mass is 10.1. The van der Waals surface area contributed by atoms with Crippen molar-refractivity contribution in [3.05, 3.63) is 94.3 Å². The van der Waals surface area contributed by atoms with Crippen molar-refractivity contribution in [2.45, 2.75) is 20.1 Å². The van der Waals surface area contributed by atoms with Crippen molar-refractivity contribution in [3.63, 3.8) is 0 Å². The highest BCUT2D eigenvalue weighted by molar-refractivity contribution is 6.30. The average Bonchev–Trinajstić information content (AvgIpc) is 3.35. The number of carbonyl (C=O) groups excluding carboxylic acids is 1. The van der Waals surface area contributed by atoms with Crippen molar-refractivity contribution >= 4 is 34.4 Å². The molecule has 5 rings (SSSR count). The summed E-state index contributed by atoms with van der Waals surface area (Å²) in [5, 5.41) is 1.69. The van der Waals surface area contributed by atoms with Gasteiger partial charge < -0.3 is 18.8 Å². The number of methoxy groups -OCH3 is 1. The van der Waals surface area contributed by atoms with E-state index in [0.717, 1.165) is 34.3 Å². The number of ether oxygens (including phenoxy) is 3. The lowest BCUT2D eigenvalue weighted by molar-refractivity contribution is 0.101. The van der Waals surface area contributed by atoms with Crippen LogP contribution < -0.4 is 14.2 Å². The summed E-state index contributed by atoms with van der Waals surface area (Å²) in [5.41, 5.74) is 3.50. The quantitative estimate of drug-likeness (QED) is 0.308. The Morgan fingerprint density at radius 1 is 1.03 bits per heavy atom. The van der Waals surface area contributed by atoms with Crippen LogP contribution in [-0.2, 0) is 13.2 Å². The zero-order valence-electron chi connectivity index (χ0n) is 18.3. The first kappa shape index (κ1) is 21.2. The van der Waals surface area contributed by atoms with Crippen molar-refractivity contribution in [2.75, 3.05) is 7.11 Å². The normalized spacial score (nSPS) is 13.9. The molecule has 1 aliphatic rings. The summed E-state index contributed by atoms with van der Waals surface area (Å²) in [6.07, 6.45) is 3.82. The van der Waals surface area contributed by atoms with Crippen LogP contribution in [-0.4, -0.2) is 17.5 Å². The predicted molar refractivity (Wildman–Crippen MR) is 129 cm³/mol. The fourth-order valence-corrected chi connectivity index (χ4v) is 4.08. The molecule has 0 saturated heterocycles. The summed E-state index contributed by atoms with van der Waals surface area (Å²) >= 11 is 5.93. The molecule has 1 aliphatic heterocycles. The van der Waals surface area contributed by atoms with E-state index in [2.05, 4.69) is 11.5 Å². The van der Waals surface area contributed by atoms with Gasteiger partial charge in [0.1, 0.15) is 23.9 Å². The van der Waals surface area contributed by atoms with Gasteiger partial charge in [-0.25, -0.2) is 0 Å². The monoisotopic (exact) mass is 459 g/mol. The zero-order chi connectivity index (χ0) is 22.9. The Morgan fingerprint density at radius 3 is 2.58 bits per heavy atom. The number of hydrogen-bond donors (Lipinski definition) is 0. The van der Waals surface area contributed by atoms with E-state index in [1.54, 1.807) is 31.4 Å². The summed E-state index contributed by atoms with van der Waals surface area (Å²) in [5.74, 6) is 2.04. The molecule has 0 aliphatic carbocycles. The highest BCUT2D eigenvalue weighted by Gasteiger charge is 2.28. The molecule has 0 atom stereocenters. The van der Waals surface area contributed by atoms with Crippen molar-refractivity contribution < 1.29 is 19.0 Å². The lowest BCUT2D eigenvalue weighted by Crippen LogP contribution is -1.98. The lowest BCUT2D eigenvalue weighted by Gasteiger charge is -2.07. The number of benzene rings is 3. The Bertz CT molecular complexity index is 1390. The number of aromatic nitrogens is 1. The van der Waals surface area contributed by atoms with E-state index >= 15 is 0 Å². The van der Waals surface area contributed by atoms with Gasteiger partial charge in [-0.3, -0.25) is 4.79 Å². The third kappa shape index (κ3) is 4.08. The second-order valence-corrected chi connectivity index (χ2v) is 8.20. The number of Topliss-reactive ketones (excluding diaryl/α,β-unsaturated/α-hetero) is 1. The van der Waals surface area contributed by atoms with Gasteiger partial charge in [-0.2, -0.15) is 0 Å². The minimum atomic E-state index is -0.144. The molecule has 0 unspecified atom stereocenters. The second-order valence-electron chi connectivity index (χ2n) is 7.77. The molecule has 5 nitrogen and oxygen atoms in total. The van der Waals surface area contributed by atoms with Crippen molar-refractivity contribution in [1.29, 1.82) is 0 Å². The minimum absolute atomic E-state index is 0.144. The number of allylic oxidation sites excluding steroid dienone is 1. The smallest absolute Gasteiger partial charge is 0.231 e. The Kier molecular flexibility index (Phi) is 5.56. The Morgan fingerprint density at radius 2 is 1.82 bits per heavy atom. The zero-order valence-corrected chi connectivity index (χ0v) is 19.1. The van der Waals surface area contributed by atoms with E-state index in [9.17, 15) is 4.79 Å². The summed E-state index contributed by atoms with van der Waals surface area (Å²) < 4.78 is 19.4. The Hall–Kier alpha value is -3.70. The summed E-state index contributed by atoms with van der Waals surface area (Å²) in [6, 6.07) is 18.7. The van der Waals surface area contributed by atoms with Gasteiger partial charge in [0.2, 0.25) is 5.78 Å². The van der Waals surface area contributed by atoms with Crippen LogP contribution in [0, 0.1) is 0 Å². The Balaban J connectivity index is 1.41. The molecule has 0 spiro atoms. The predicted octanol–water partition coefficient (Wildman–Crippen LogP) is 6.52. The third-order valence-electron chi connectivity index (χ3n) is 5.71.